The third-order valence-corrected chi connectivity index (χ3v) is 5.40. The molecule has 5 nitrogen and oxygen atoms in total. The highest BCUT2D eigenvalue weighted by molar-refractivity contribution is 5.95. The Balaban J connectivity index is 2.11. The number of carbonyl (C=O) groups is 1. The predicted molar refractivity (Wildman–Crippen MR) is 118 cm³/mol. The van der Waals surface area contributed by atoms with Crippen molar-refractivity contribution in [1.29, 1.82) is 0 Å². The smallest absolute Gasteiger partial charge is 0.347 e. The van der Waals surface area contributed by atoms with E-state index in [1.54, 1.807) is 24.5 Å². The van der Waals surface area contributed by atoms with Crippen molar-refractivity contribution in [3.63, 3.8) is 0 Å². The molecule has 2 aromatic rings. The minimum Gasteiger partial charge on any atom is -0.347 e. The van der Waals surface area contributed by atoms with Crippen molar-refractivity contribution >= 4 is 5.91 Å². The fourth-order valence-corrected chi connectivity index (χ4v) is 3.62. The first kappa shape index (κ1) is 23.8. The number of rotatable bonds is 4. The van der Waals surface area contributed by atoms with Crippen molar-refractivity contribution in [1.82, 2.24) is 20.1 Å². The Morgan fingerprint density at radius 1 is 1.19 bits per heavy atom. The van der Waals surface area contributed by atoms with E-state index >= 15 is 0 Å². The monoisotopic (exact) mass is 446 g/mol. The van der Waals surface area contributed by atoms with Crippen LogP contribution in [-0.4, -0.2) is 32.4 Å². The maximum Gasteiger partial charge on any atom is 0.416 e. The first-order chi connectivity index (χ1) is 14.7. The van der Waals surface area contributed by atoms with Crippen molar-refractivity contribution in [3.05, 3.63) is 65.3 Å². The Bertz CT molecular complexity index is 1070. The standard InChI is InChI=1S/C24H29F3N4O/c1-15(2)20-30-28-14-31(20)19-12-16(21(32)29-22(3,4)5)11-18(13-19)23(6)9-7-17(8-10-23)24(25,26)27/h7-9,11-15H,10H2,1-6H3,(H,29,32). The van der Waals surface area contributed by atoms with Crippen LogP contribution < -0.4 is 5.32 Å². The van der Waals surface area contributed by atoms with E-state index in [0.29, 0.717) is 11.3 Å². The summed E-state index contributed by atoms with van der Waals surface area (Å²) in [7, 11) is 0. The van der Waals surface area contributed by atoms with Crippen molar-refractivity contribution in [3.8, 4) is 5.69 Å². The number of carbonyl (C=O) groups excluding carboxylic acids is 1. The third kappa shape index (κ3) is 5.11. The van der Waals surface area contributed by atoms with Crippen molar-refractivity contribution < 1.29 is 18.0 Å². The number of nitrogens with zero attached hydrogens (tertiary/aromatic N) is 3. The Labute approximate surface area is 186 Å². The summed E-state index contributed by atoms with van der Waals surface area (Å²) in [6, 6.07) is 5.40. The van der Waals surface area contributed by atoms with Crippen LogP contribution in [0.15, 0.2) is 48.3 Å². The molecule has 1 amide bonds. The maximum absolute atomic E-state index is 13.1. The highest BCUT2D eigenvalue weighted by Crippen LogP contribution is 2.39. The molecule has 8 heteroatoms. The van der Waals surface area contributed by atoms with Crippen LogP contribution >= 0.6 is 0 Å². The minimum absolute atomic E-state index is 0.0930. The van der Waals surface area contributed by atoms with E-state index in [1.807, 2.05) is 52.2 Å². The molecule has 0 saturated heterocycles. The number of hydrogen-bond donors (Lipinski definition) is 1. The van der Waals surface area contributed by atoms with Crippen LogP contribution in [0.2, 0.25) is 0 Å². The highest BCUT2D eigenvalue weighted by atomic mass is 19.4. The molecule has 1 aliphatic carbocycles. The first-order valence-corrected chi connectivity index (χ1v) is 10.5. The lowest BCUT2D eigenvalue weighted by atomic mass is 9.75. The molecular formula is C24H29F3N4O. The van der Waals surface area contributed by atoms with Gasteiger partial charge in [-0.05, 0) is 51.0 Å². The first-order valence-electron chi connectivity index (χ1n) is 10.5. The molecule has 0 bridgehead atoms. The predicted octanol–water partition coefficient (Wildman–Crippen LogP) is 5.63. The normalized spacial score (nSPS) is 19.2. The molecule has 0 fully saturated rings. The summed E-state index contributed by atoms with van der Waals surface area (Å²) in [5.41, 5.74) is 0.0647. The summed E-state index contributed by atoms with van der Waals surface area (Å²) >= 11 is 0. The number of aromatic nitrogens is 3. The summed E-state index contributed by atoms with van der Waals surface area (Å²) in [5, 5.41) is 11.2. The average Bonchev–Trinajstić information content (AvgIpc) is 3.16. The Morgan fingerprint density at radius 3 is 2.41 bits per heavy atom. The third-order valence-electron chi connectivity index (χ3n) is 5.40. The number of nitrogens with one attached hydrogen (secondary N) is 1. The van der Waals surface area contributed by atoms with Gasteiger partial charge in [-0.3, -0.25) is 9.36 Å². The highest BCUT2D eigenvalue weighted by Gasteiger charge is 2.36. The molecule has 1 unspecified atom stereocenters. The molecule has 1 N–H and O–H groups in total. The number of allylic oxidation sites excluding steroid dienone is 4. The minimum atomic E-state index is -4.38. The maximum atomic E-state index is 13.1. The van der Waals surface area contributed by atoms with Crippen LogP contribution in [0, 0.1) is 0 Å². The summed E-state index contributed by atoms with van der Waals surface area (Å²) in [6.45, 7) is 11.5. The zero-order chi connectivity index (χ0) is 23.9. The van der Waals surface area contributed by atoms with Gasteiger partial charge >= 0.3 is 6.18 Å². The van der Waals surface area contributed by atoms with Gasteiger partial charge in [0.25, 0.3) is 5.91 Å². The second-order valence-electron chi connectivity index (χ2n) is 9.80. The van der Waals surface area contributed by atoms with Gasteiger partial charge < -0.3 is 5.32 Å². The molecule has 0 saturated carbocycles. The van der Waals surface area contributed by atoms with Gasteiger partial charge in [0, 0.05) is 28.1 Å². The quantitative estimate of drug-likeness (QED) is 0.663. The van der Waals surface area contributed by atoms with E-state index in [-0.39, 0.29) is 18.2 Å². The van der Waals surface area contributed by atoms with Crippen LogP contribution in [0.3, 0.4) is 0 Å². The SMILES string of the molecule is CC(C)c1nncn1-c1cc(C(=O)NC(C)(C)C)cc(C2(C)C=CC(C(F)(F)F)=CC2)c1. The molecule has 1 heterocycles. The fraction of sp³-hybridized carbons (Fsp3) is 0.458. The summed E-state index contributed by atoms with van der Waals surface area (Å²) in [4.78, 5) is 13.0. The second-order valence-corrected chi connectivity index (χ2v) is 9.80. The second kappa shape index (κ2) is 8.22. The molecular weight excluding hydrogens is 417 g/mol. The Morgan fingerprint density at radius 2 is 1.88 bits per heavy atom. The van der Waals surface area contributed by atoms with Gasteiger partial charge in [-0.2, -0.15) is 13.2 Å². The zero-order valence-electron chi connectivity index (χ0n) is 19.2. The summed E-state index contributed by atoms with van der Waals surface area (Å²) < 4.78 is 41.1. The number of hydrogen-bond acceptors (Lipinski definition) is 3. The topological polar surface area (TPSA) is 59.8 Å². The molecule has 0 spiro atoms. The number of benzene rings is 1. The molecule has 1 aromatic carbocycles. The lowest BCUT2D eigenvalue weighted by Gasteiger charge is -2.30. The van der Waals surface area contributed by atoms with Crippen LogP contribution in [0.4, 0.5) is 13.2 Å². The van der Waals surface area contributed by atoms with E-state index in [9.17, 15) is 18.0 Å². The molecule has 0 aliphatic heterocycles. The van der Waals surface area contributed by atoms with Gasteiger partial charge in [-0.1, -0.05) is 39.0 Å². The van der Waals surface area contributed by atoms with Crippen molar-refractivity contribution in [2.24, 2.45) is 0 Å². The van der Waals surface area contributed by atoms with Gasteiger partial charge in [0.05, 0.1) is 5.57 Å². The molecule has 1 aliphatic rings. The Hall–Kier alpha value is -2.90. The zero-order valence-corrected chi connectivity index (χ0v) is 19.2. The molecule has 1 aromatic heterocycles. The van der Waals surface area contributed by atoms with Crippen molar-refractivity contribution in [2.75, 3.05) is 0 Å². The van der Waals surface area contributed by atoms with Gasteiger partial charge in [0.1, 0.15) is 12.2 Å². The van der Waals surface area contributed by atoms with Gasteiger partial charge in [0.2, 0.25) is 0 Å². The average molecular weight is 447 g/mol. The number of alkyl halides is 3. The fourth-order valence-electron chi connectivity index (χ4n) is 3.62. The van der Waals surface area contributed by atoms with E-state index in [4.69, 9.17) is 0 Å². The van der Waals surface area contributed by atoms with E-state index < -0.39 is 22.7 Å². The number of halogens is 3. The molecule has 0 radical (unpaired) electrons. The molecule has 3 rings (SSSR count). The van der Waals surface area contributed by atoms with Crippen LogP contribution in [0.25, 0.3) is 5.69 Å². The van der Waals surface area contributed by atoms with E-state index in [1.165, 1.54) is 6.08 Å². The lowest BCUT2D eigenvalue weighted by molar-refractivity contribution is -0.0887. The number of amides is 1. The van der Waals surface area contributed by atoms with Gasteiger partial charge in [-0.25, -0.2) is 0 Å². The van der Waals surface area contributed by atoms with Crippen LogP contribution in [0.1, 0.15) is 75.6 Å². The molecule has 32 heavy (non-hydrogen) atoms. The lowest BCUT2D eigenvalue weighted by Crippen LogP contribution is -2.40. The van der Waals surface area contributed by atoms with Crippen LogP contribution in [-0.2, 0) is 5.41 Å². The Kier molecular flexibility index (Phi) is 6.10. The summed E-state index contributed by atoms with van der Waals surface area (Å²) in [6.07, 6.45) is 1.26. The van der Waals surface area contributed by atoms with Crippen molar-refractivity contribution in [2.45, 2.75) is 71.0 Å². The van der Waals surface area contributed by atoms with Gasteiger partial charge in [0.15, 0.2) is 0 Å². The molecule has 1 atom stereocenters. The largest absolute Gasteiger partial charge is 0.416 e. The van der Waals surface area contributed by atoms with E-state index in [2.05, 4.69) is 15.5 Å². The van der Waals surface area contributed by atoms with E-state index in [0.717, 1.165) is 17.5 Å². The van der Waals surface area contributed by atoms with Gasteiger partial charge in [-0.15, -0.1) is 10.2 Å². The van der Waals surface area contributed by atoms with Crippen LogP contribution in [0.5, 0.6) is 0 Å². The summed E-state index contributed by atoms with van der Waals surface area (Å²) in [5.74, 6) is 0.568. The molecule has 172 valence electrons.